The fourth-order valence-electron chi connectivity index (χ4n) is 5.40. The molecular weight excluding hydrogens is 514 g/mol. The van der Waals surface area contributed by atoms with Gasteiger partial charge < -0.3 is 10.2 Å². The highest BCUT2D eigenvalue weighted by molar-refractivity contribution is 7.89. The average molecular weight is 556 g/mol. The number of amides is 2. The van der Waals surface area contributed by atoms with Gasteiger partial charge in [0.1, 0.15) is 0 Å². The number of carbonyl (C=O) groups excluding carboxylic acids is 2. The van der Waals surface area contributed by atoms with E-state index in [1.54, 1.807) is 19.2 Å². The van der Waals surface area contributed by atoms with Gasteiger partial charge in [0.05, 0.1) is 5.75 Å². The van der Waals surface area contributed by atoms with Crippen molar-refractivity contribution >= 4 is 27.5 Å². The monoisotopic (exact) mass is 555 g/mol. The lowest BCUT2D eigenvalue weighted by molar-refractivity contribution is -0.116. The van der Waals surface area contributed by atoms with E-state index in [9.17, 15) is 18.0 Å². The summed E-state index contributed by atoms with van der Waals surface area (Å²) in [7, 11) is -3.37. The Bertz CT molecular complexity index is 1220. The fraction of sp³-hybridized carbons (Fsp3) is 0.552. The molecule has 0 atom stereocenters. The van der Waals surface area contributed by atoms with Gasteiger partial charge in [0.2, 0.25) is 15.9 Å². The maximum Gasteiger partial charge on any atom is 0.251 e. The maximum atomic E-state index is 13.1. The minimum absolute atomic E-state index is 0.0172. The van der Waals surface area contributed by atoms with Crippen molar-refractivity contribution in [1.29, 1.82) is 0 Å². The number of benzene rings is 1. The molecule has 0 aliphatic carbocycles. The van der Waals surface area contributed by atoms with Gasteiger partial charge in [0.25, 0.3) is 5.91 Å². The van der Waals surface area contributed by atoms with E-state index in [2.05, 4.69) is 21.3 Å². The van der Waals surface area contributed by atoms with Crippen molar-refractivity contribution in [3.8, 4) is 0 Å². The molecule has 9 nitrogen and oxygen atoms in total. The average Bonchev–Trinajstić information content (AvgIpc) is 3.46. The second-order valence-electron chi connectivity index (χ2n) is 10.5. The number of pyridine rings is 1. The minimum atomic E-state index is -3.37. The van der Waals surface area contributed by atoms with Crippen molar-refractivity contribution in [2.45, 2.75) is 65.0 Å². The summed E-state index contributed by atoms with van der Waals surface area (Å²) in [6, 6.07) is 9.45. The third-order valence-corrected chi connectivity index (χ3v) is 9.37. The molecule has 2 aliphatic rings. The normalized spacial score (nSPS) is 18.1. The van der Waals surface area contributed by atoms with E-state index in [1.807, 2.05) is 29.3 Å². The number of nitrogens with one attached hydrogen (secondary N) is 1. The van der Waals surface area contributed by atoms with Gasteiger partial charge in [-0.1, -0.05) is 25.3 Å². The topological polar surface area (TPSA) is 103 Å². The summed E-state index contributed by atoms with van der Waals surface area (Å²) in [5.74, 6) is -0.439. The number of aromatic nitrogens is 1. The molecule has 1 aromatic carbocycles. The zero-order chi connectivity index (χ0) is 27.7. The molecule has 212 valence electrons. The molecule has 3 heterocycles. The van der Waals surface area contributed by atoms with E-state index in [0.29, 0.717) is 31.7 Å². The summed E-state index contributed by atoms with van der Waals surface area (Å²) in [5, 5.41) is 2.79. The summed E-state index contributed by atoms with van der Waals surface area (Å²) in [6.07, 6.45) is 10.8. The van der Waals surface area contributed by atoms with Crippen LogP contribution in [0.2, 0.25) is 0 Å². The van der Waals surface area contributed by atoms with Gasteiger partial charge in [0.15, 0.2) is 0 Å². The second-order valence-corrected chi connectivity index (χ2v) is 12.6. The lowest BCUT2D eigenvalue weighted by Crippen LogP contribution is -2.36. The zero-order valence-electron chi connectivity index (χ0n) is 23.0. The van der Waals surface area contributed by atoms with Crippen molar-refractivity contribution in [2.24, 2.45) is 0 Å². The third kappa shape index (κ3) is 8.33. The first-order valence-corrected chi connectivity index (χ1v) is 15.7. The molecule has 0 radical (unpaired) electrons. The van der Waals surface area contributed by atoms with Crippen LogP contribution in [-0.4, -0.2) is 72.9 Å². The van der Waals surface area contributed by atoms with Crippen LogP contribution in [-0.2, 0) is 27.9 Å². The standard InChI is InChI=1S/C29H41N5O4S/c1-24(35)34-18-6-4-2-3-5-15-32(22-25-10-9-13-30-21-25)23-27-20-26(11-12-28(27)34)29(36)31-14-19-39(37,38)33-16-7-8-17-33/h9-13,20-21H,2-8,14-19,22-23H2,1H3,(H,31,36). The molecule has 0 bridgehead atoms. The van der Waals surface area contributed by atoms with Crippen molar-refractivity contribution in [3.05, 3.63) is 59.4 Å². The van der Waals surface area contributed by atoms with Crippen LogP contribution in [0.25, 0.3) is 0 Å². The molecular formula is C29H41N5O4S. The van der Waals surface area contributed by atoms with E-state index in [4.69, 9.17) is 0 Å². The first kappa shape index (κ1) is 29.2. The number of sulfonamides is 1. The van der Waals surface area contributed by atoms with Gasteiger partial charge in [-0.2, -0.15) is 0 Å². The van der Waals surface area contributed by atoms with Crippen LogP contribution in [0.5, 0.6) is 0 Å². The molecule has 2 aromatic rings. The Morgan fingerprint density at radius 1 is 0.949 bits per heavy atom. The number of rotatable bonds is 7. The summed E-state index contributed by atoms with van der Waals surface area (Å²) in [5.41, 5.74) is 3.31. The molecule has 10 heteroatoms. The molecule has 1 N–H and O–H groups in total. The molecule has 0 saturated carbocycles. The SMILES string of the molecule is CC(=O)N1CCCCCCCN(Cc2cccnc2)Cc2cc(C(=O)NCCS(=O)(=O)N3CCCC3)ccc21. The Balaban J connectivity index is 1.55. The first-order chi connectivity index (χ1) is 18.8. The van der Waals surface area contributed by atoms with Crippen LogP contribution in [0.3, 0.4) is 0 Å². The van der Waals surface area contributed by atoms with Gasteiger partial charge >= 0.3 is 0 Å². The van der Waals surface area contributed by atoms with Crippen LogP contribution in [0.4, 0.5) is 5.69 Å². The minimum Gasteiger partial charge on any atom is -0.351 e. The summed E-state index contributed by atoms with van der Waals surface area (Å²) in [4.78, 5) is 34.2. The second kappa shape index (κ2) is 14.0. The van der Waals surface area contributed by atoms with Crippen LogP contribution in [0.15, 0.2) is 42.7 Å². The number of anilines is 1. The van der Waals surface area contributed by atoms with E-state index >= 15 is 0 Å². The molecule has 0 unspecified atom stereocenters. The number of carbonyl (C=O) groups is 2. The highest BCUT2D eigenvalue weighted by atomic mass is 32.2. The molecule has 0 spiro atoms. The zero-order valence-corrected chi connectivity index (χ0v) is 23.8. The molecule has 1 aromatic heterocycles. The van der Waals surface area contributed by atoms with Crippen molar-refractivity contribution in [2.75, 3.05) is 43.4 Å². The van der Waals surface area contributed by atoms with Crippen molar-refractivity contribution in [3.63, 3.8) is 0 Å². The maximum absolute atomic E-state index is 13.1. The number of hydrogen-bond acceptors (Lipinski definition) is 6. The quantitative estimate of drug-likeness (QED) is 0.561. The largest absolute Gasteiger partial charge is 0.351 e. The van der Waals surface area contributed by atoms with Crippen LogP contribution >= 0.6 is 0 Å². The highest BCUT2D eigenvalue weighted by Gasteiger charge is 2.25. The lowest BCUT2D eigenvalue weighted by Gasteiger charge is -2.29. The Kier molecular flexibility index (Phi) is 10.5. The molecule has 1 fully saturated rings. The van der Waals surface area contributed by atoms with Gasteiger partial charge in [-0.15, -0.1) is 0 Å². The Hall–Kier alpha value is -2.82. The molecule has 2 amide bonds. The predicted molar refractivity (Wildman–Crippen MR) is 153 cm³/mol. The van der Waals surface area contributed by atoms with Crippen LogP contribution in [0, 0.1) is 0 Å². The van der Waals surface area contributed by atoms with Gasteiger partial charge in [-0.25, -0.2) is 12.7 Å². The predicted octanol–water partition coefficient (Wildman–Crippen LogP) is 3.56. The third-order valence-electron chi connectivity index (χ3n) is 7.50. The first-order valence-electron chi connectivity index (χ1n) is 14.1. The Morgan fingerprint density at radius 3 is 2.38 bits per heavy atom. The summed E-state index contributed by atoms with van der Waals surface area (Å²) >= 11 is 0. The van der Waals surface area contributed by atoms with Gasteiger partial charge in [-0.05, 0) is 67.6 Å². The summed E-state index contributed by atoms with van der Waals surface area (Å²) in [6.45, 7) is 5.61. The van der Waals surface area contributed by atoms with Gasteiger partial charge in [-0.3, -0.25) is 19.5 Å². The van der Waals surface area contributed by atoms with Gasteiger partial charge in [0, 0.05) is 69.8 Å². The van der Waals surface area contributed by atoms with E-state index < -0.39 is 10.0 Å². The number of nitrogens with zero attached hydrogens (tertiary/aromatic N) is 4. The molecule has 4 rings (SSSR count). The summed E-state index contributed by atoms with van der Waals surface area (Å²) < 4.78 is 26.6. The number of hydrogen-bond donors (Lipinski definition) is 1. The molecule has 39 heavy (non-hydrogen) atoms. The molecule has 1 saturated heterocycles. The fourth-order valence-corrected chi connectivity index (χ4v) is 6.83. The Labute approximate surface area is 232 Å². The Morgan fingerprint density at radius 2 is 1.67 bits per heavy atom. The van der Waals surface area contributed by atoms with E-state index in [-0.39, 0.29) is 24.1 Å². The van der Waals surface area contributed by atoms with E-state index in [1.165, 1.54) is 4.31 Å². The van der Waals surface area contributed by atoms with Crippen molar-refractivity contribution < 1.29 is 18.0 Å². The van der Waals surface area contributed by atoms with E-state index in [0.717, 1.165) is 74.8 Å². The van der Waals surface area contributed by atoms with Crippen molar-refractivity contribution in [1.82, 2.24) is 19.5 Å². The number of fused-ring (bicyclic) bond motifs is 1. The van der Waals surface area contributed by atoms with Crippen LogP contribution in [0.1, 0.15) is 73.4 Å². The highest BCUT2D eigenvalue weighted by Crippen LogP contribution is 2.27. The van der Waals surface area contributed by atoms with Crippen LogP contribution < -0.4 is 10.2 Å². The smallest absolute Gasteiger partial charge is 0.251 e. The lowest BCUT2D eigenvalue weighted by atomic mass is 10.0. The molecule has 2 aliphatic heterocycles.